The molecule has 0 saturated carbocycles. The molecule has 1 heterocycles. The van der Waals surface area contributed by atoms with Crippen LogP contribution in [0.15, 0.2) is 18.5 Å². The van der Waals surface area contributed by atoms with Gasteiger partial charge in [0, 0.05) is 17.9 Å². The van der Waals surface area contributed by atoms with Crippen molar-refractivity contribution in [3.8, 4) is 0 Å². The fraction of sp³-hybridized carbons (Fsp3) is 0.286. The topological polar surface area (TPSA) is 71.7 Å². The molecule has 2 N–H and O–H groups in total. The fourth-order valence-corrected chi connectivity index (χ4v) is 0.877. The highest BCUT2D eigenvalue weighted by Gasteiger charge is 2.14. The molecule has 5 nitrogen and oxygen atoms in total. The molecule has 0 amide bonds. The van der Waals surface area contributed by atoms with Crippen LogP contribution in [0.1, 0.15) is 6.92 Å². The lowest BCUT2D eigenvalue weighted by atomic mass is 9.83. The van der Waals surface area contributed by atoms with Crippen molar-refractivity contribution in [1.29, 1.82) is 0 Å². The predicted molar refractivity (Wildman–Crippen MR) is 46.7 cm³/mol. The minimum atomic E-state index is -1.56. The number of carbonyl (C=O) groups is 1. The third kappa shape index (κ3) is 2.33. The molecule has 0 aliphatic heterocycles. The summed E-state index contributed by atoms with van der Waals surface area (Å²) in [6.45, 7) is 1.98. The van der Waals surface area contributed by atoms with Crippen molar-refractivity contribution >= 4 is 18.7 Å². The van der Waals surface area contributed by atoms with Crippen LogP contribution in [0.25, 0.3) is 0 Å². The summed E-state index contributed by atoms with van der Waals surface area (Å²) in [5.41, 5.74) is 0.257. The van der Waals surface area contributed by atoms with E-state index in [1.165, 1.54) is 18.5 Å². The van der Waals surface area contributed by atoms with Gasteiger partial charge in [0.25, 0.3) is 0 Å². The minimum Gasteiger partial charge on any atom is -0.449 e. The van der Waals surface area contributed by atoms with Crippen LogP contribution in [0.2, 0.25) is 0 Å². The molecule has 1 aromatic rings. The molecule has 0 saturated heterocycles. The van der Waals surface area contributed by atoms with Gasteiger partial charge in [-0.1, -0.05) is 0 Å². The van der Waals surface area contributed by atoms with Crippen molar-refractivity contribution in [1.82, 2.24) is 4.57 Å². The highest BCUT2D eigenvalue weighted by molar-refractivity contribution is 6.58. The van der Waals surface area contributed by atoms with Gasteiger partial charge in [-0.25, -0.2) is 4.79 Å². The molecular formula is C7H10BNO4. The Bertz CT molecular complexity index is 296. The van der Waals surface area contributed by atoms with E-state index >= 15 is 0 Å². The number of hydrogen-bond acceptors (Lipinski definition) is 4. The van der Waals surface area contributed by atoms with Crippen LogP contribution in [0.5, 0.6) is 0 Å². The maximum absolute atomic E-state index is 11.1. The highest BCUT2D eigenvalue weighted by atomic mass is 16.5. The molecule has 1 aromatic heterocycles. The summed E-state index contributed by atoms with van der Waals surface area (Å²) in [6.07, 6.45) is 2.18. The van der Waals surface area contributed by atoms with Gasteiger partial charge in [-0.05, 0) is 13.0 Å². The lowest BCUT2D eigenvalue weighted by Gasteiger charge is -2.00. The van der Waals surface area contributed by atoms with Crippen LogP contribution >= 0.6 is 0 Å². The second kappa shape index (κ2) is 4.11. The molecule has 0 spiro atoms. The molecule has 6 heteroatoms. The van der Waals surface area contributed by atoms with Crippen LogP contribution in [-0.2, 0) is 4.74 Å². The Balaban J connectivity index is 2.73. The monoisotopic (exact) mass is 183 g/mol. The Kier molecular flexibility index (Phi) is 3.10. The third-order valence-corrected chi connectivity index (χ3v) is 1.49. The van der Waals surface area contributed by atoms with Crippen molar-refractivity contribution in [2.24, 2.45) is 0 Å². The fourth-order valence-electron chi connectivity index (χ4n) is 0.877. The third-order valence-electron chi connectivity index (χ3n) is 1.49. The summed E-state index contributed by atoms with van der Waals surface area (Å²) in [7, 11) is -1.56. The highest BCUT2D eigenvalue weighted by Crippen LogP contribution is 1.91. The first-order valence-electron chi connectivity index (χ1n) is 3.86. The Hall–Kier alpha value is -1.27. The Morgan fingerprint density at radius 3 is 2.85 bits per heavy atom. The van der Waals surface area contributed by atoms with E-state index in [0.29, 0.717) is 0 Å². The second-order valence-corrected chi connectivity index (χ2v) is 2.42. The minimum absolute atomic E-state index is 0.257. The van der Waals surface area contributed by atoms with Gasteiger partial charge in [-0.3, -0.25) is 4.57 Å². The quantitative estimate of drug-likeness (QED) is 0.587. The van der Waals surface area contributed by atoms with E-state index in [1.807, 2.05) is 0 Å². The van der Waals surface area contributed by atoms with Gasteiger partial charge in [0.05, 0.1) is 6.61 Å². The first-order valence-corrected chi connectivity index (χ1v) is 3.86. The van der Waals surface area contributed by atoms with Gasteiger partial charge in [0.15, 0.2) is 0 Å². The van der Waals surface area contributed by atoms with Gasteiger partial charge in [0.2, 0.25) is 0 Å². The first kappa shape index (κ1) is 9.82. The van der Waals surface area contributed by atoms with Crippen LogP contribution in [0.4, 0.5) is 4.79 Å². The van der Waals surface area contributed by atoms with E-state index in [-0.39, 0.29) is 12.1 Å². The smallest absolute Gasteiger partial charge is 0.449 e. The zero-order chi connectivity index (χ0) is 9.84. The van der Waals surface area contributed by atoms with E-state index in [1.54, 1.807) is 6.92 Å². The SMILES string of the molecule is CCOC(=O)n1ccc(B(O)O)c1. The predicted octanol–water partition coefficient (Wildman–Crippen LogP) is -0.828. The van der Waals surface area contributed by atoms with Crippen molar-refractivity contribution in [3.63, 3.8) is 0 Å². The van der Waals surface area contributed by atoms with Gasteiger partial charge in [0.1, 0.15) is 0 Å². The number of nitrogens with zero attached hydrogens (tertiary/aromatic N) is 1. The lowest BCUT2D eigenvalue weighted by molar-refractivity contribution is 0.154. The van der Waals surface area contributed by atoms with Gasteiger partial charge in [-0.2, -0.15) is 0 Å². The number of hydrogen-bond donors (Lipinski definition) is 2. The second-order valence-electron chi connectivity index (χ2n) is 2.42. The number of aromatic nitrogens is 1. The standard InChI is InChI=1S/C7H10BNO4/c1-2-13-7(10)9-4-3-6(5-9)8(11)12/h3-5,11-12H,2H2,1H3. The van der Waals surface area contributed by atoms with E-state index in [2.05, 4.69) is 4.74 Å². The van der Waals surface area contributed by atoms with Crippen LogP contribution in [-0.4, -0.2) is 34.4 Å². The molecular weight excluding hydrogens is 173 g/mol. The maximum Gasteiger partial charge on any atom is 0.490 e. The molecule has 0 bridgehead atoms. The average Bonchev–Trinajstić information content (AvgIpc) is 2.52. The molecule has 0 fully saturated rings. The van der Waals surface area contributed by atoms with Crippen LogP contribution < -0.4 is 5.46 Å². The molecule has 0 atom stereocenters. The molecule has 70 valence electrons. The van der Waals surface area contributed by atoms with Crippen molar-refractivity contribution in [2.45, 2.75) is 6.92 Å². The van der Waals surface area contributed by atoms with Gasteiger partial charge < -0.3 is 14.8 Å². The summed E-state index contributed by atoms with van der Waals surface area (Å²) < 4.78 is 5.83. The average molecular weight is 183 g/mol. The van der Waals surface area contributed by atoms with Gasteiger partial charge >= 0.3 is 13.2 Å². The van der Waals surface area contributed by atoms with E-state index < -0.39 is 13.2 Å². The Morgan fingerprint density at radius 2 is 2.38 bits per heavy atom. The molecule has 1 rings (SSSR count). The zero-order valence-electron chi connectivity index (χ0n) is 7.17. The number of ether oxygens (including phenoxy) is 1. The molecule has 0 aromatic carbocycles. The zero-order valence-corrected chi connectivity index (χ0v) is 7.17. The number of carbonyl (C=O) groups excluding carboxylic acids is 1. The summed E-state index contributed by atoms with van der Waals surface area (Å²) in [5.74, 6) is 0. The van der Waals surface area contributed by atoms with Crippen molar-refractivity contribution in [2.75, 3.05) is 6.61 Å². The Morgan fingerprint density at radius 1 is 1.69 bits per heavy atom. The van der Waals surface area contributed by atoms with Crippen molar-refractivity contribution < 1.29 is 19.6 Å². The normalized spacial score (nSPS) is 9.77. The molecule has 0 aliphatic rings. The Labute approximate surface area is 75.7 Å². The van der Waals surface area contributed by atoms with Gasteiger partial charge in [-0.15, -0.1) is 0 Å². The molecule has 0 radical (unpaired) electrons. The molecule has 13 heavy (non-hydrogen) atoms. The van der Waals surface area contributed by atoms with Crippen LogP contribution in [0.3, 0.4) is 0 Å². The van der Waals surface area contributed by atoms with E-state index in [0.717, 1.165) is 4.57 Å². The largest absolute Gasteiger partial charge is 0.490 e. The first-order chi connectivity index (χ1) is 6.15. The molecule has 0 aliphatic carbocycles. The summed E-state index contributed by atoms with van der Waals surface area (Å²) in [5, 5.41) is 17.5. The summed E-state index contributed by atoms with van der Waals surface area (Å²) in [4.78, 5) is 11.1. The number of rotatable bonds is 2. The van der Waals surface area contributed by atoms with Crippen molar-refractivity contribution in [3.05, 3.63) is 18.5 Å². The maximum atomic E-state index is 11.1. The van der Waals surface area contributed by atoms with E-state index in [4.69, 9.17) is 10.0 Å². The summed E-state index contributed by atoms with van der Waals surface area (Å²) >= 11 is 0. The summed E-state index contributed by atoms with van der Waals surface area (Å²) in [6, 6.07) is 1.43. The molecule has 0 unspecified atom stereocenters. The van der Waals surface area contributed by atoms with Crippen LogP contribution in [0, 0.1) is 0 Å². The van der Waals surface area contributed by atoms with E-state index in [9.17, 15) is 4.79 Å². The lowest BCUT2D eigenvalue weighted by Crippen LogP contribution is -2.28.